The van der Waals surface area contributed by atoms with E-state index in [9.17, 15) is 4.79 Å². The summed E-state index contributed by atoms with van der Waals surface area (Å²) in [5, 5.41) is 8.92. The van der Waals surface area contributed by atoms with Crippen molar-refractivity contribution in [3.8, 4) is 5.75 Å². The van der Waals surface area contributed by atoms with Crippen LogP contribution in [0.3, 0.4) is 0 Å². The molecule has 1 aromatic rings. The van der Waals surface area contributed by atoms with Crippen LogP contribution in [0.2, 0.25) is 0 Å². The lowest BCUT2D eigenvalue weighted by Gasteiger charge is -2.23. The Hall–Kier alpha value is -1.11. The number of likely N-dealkylation sites (N-methyl/N-ethyl adjacent to an activating group) is 2. The molecule has 21 heavy (non-hydrogen) atoms. The van der Waals surface area contributed by atoms with Gasteiger partial charge in [0.25, 0.3) is 0 Å². The molecule has 0 saturated carbocycles. The molecule has 0 spiro atoms. The number of rotatable bonds is 9. The molecule has 0 fully saturated rings. The van der Waals surface area contributed by atoms with Crippen molar-refractivity contribution in [1.82, 2.24) is 9.80 Å². The first-order valence-electron chi connectivity index (χ1n) is 7.02. The second-order valence-corrected chi connectivity index (χ2v) is 5.63. The van der Waals surface area contributed by atoms with E-state index in [-0.39, 0.29) is 12.5 Å². The minimum absolute atomic E-state index is 0.0321. The molecule has 0 heterocycles. The number of benzene rings is 1. The number of hydrogen-bond donors (Lipinski definition) is 1. The highest BCUT2D eigenvalue weighted by Gasteiger charge is 2.12. The summed E-state index contributed by atoms with van der Waals surface area (Å²) in [6, 6.07) is 7.59. The number of hydrogen-bond acceptors (Lipinski definition) is 4. The number of amides is 1. The summed E-state index contributed by atoms with van der Waals surface area (Å²) in [5.74, 6) is 0.819. The van der Waals surface area contributed by atoms with Crippen molar-refractivity contribution >= 4 is 21.8 Å². The zero-order valence-electron chi connectivity index (χ0n) is 12.6. The van der Waals surface area contributed by atoms with E-state index >= 15 is 0 Å². The Labute approximate surface area is 134 Å². The Bertz CT molecular complexity index is 425. The number of carbonyl (C=O) groups excluding carboxylic acids is 1. The monoisotopic (exact) mass is 358 g/mol. The van der Waals surface area contributed by atoms with Crippen LogP contribution in [0, 0.1) is 0 Å². The van der Waals surface area contributed by atoms with Crippen LogP contribution in [0.5, 0.6) is 5.75 Å². The molecule has 0 aliphatic carbocycles. The summed E-state index contributed by atoms with van der Waals surface area (Å²) < 4.78 is 6.60. The third kappa shape index (κ3) is 6.93. The first-order valence-corrected chi connectivity index (χ1v) is 7.81. The van der Waals surface area contributed by atoms with Gasteiger partial charge in [-0.25, -0.2) is 0 Å². The number of aliphatic hydroxyl groups excluding tert-OH is 1. The second kappa shape index (κ2) is 9.76. The van der Waals surface area contributed by atoms with Gasteiger partial charge in [-0.05, 0) is 30.8 Å². The fourth-order valence-electron chi connectivity index (χ4n) is 1.76. The Kier molecular flexibility index (Phi) is 8.34. The number of nitrogens with zero attached hydrogens (tertiary/aromatic N) is 2. The molecule has 6 heteroatoms. The molecule has 1 amide bonds. The van der Waals surface area contributed by atoms with E-state index < -0.39 is 0 Å². The largest absolute Gasteiger partial charge is 0.492 e. The van der Waals surface area contributed by atoms with Gasteiger partial charge in [-0.1, -0.05) is 22.9 Å². The highest BCUT2D eigenvalue weighted by atomic mass is 79.9. The Morgan fingerprint density at radius 2 is 1.95 bits per heavy atom. The van der Waals surface area contributed by atoms with E-state index in [1.165, 1.54) is 0 Å². The number of carbonyl (C=O) groups is 1. The van der Waals surface area contributed by atoms with Gasteiger partial charge in [-0.15, -0.1) is 0 Å². The zero-order valence-corrected chi connectivity index (χ0v) is 14.2. The van der Waals surface area contributed by atoms with Crippen LogP contribution in [-0.4, -0.2) is 67.3 Å². The summed E-state index contributed by atoms with van der Waals surface area (Å²) >= 11 is 3.37. The van der Waals surface area contributed by atoms with Gasteiger partial charge in [0.05, 0.1) is 19.7 Å². The van der Waals surface area contributed by atoms with Gasteiger partial charge in [-0.3, -0.25) is 9.69 Å². The first kappa shape index (κ1) is 17.9. The lowest BCUT2D eigenvalue weighted by atomic mass is 10.3. The van der Waals surface area contributed by atoms with Crippen LogP contribution in [0.1, 0.15) is 6.92 Å². The molecule has 1 rings (SSSR count). The van der Waals surface area contributed by atoms with Gasteiger partial charge in [-0.2, -0.15) is 0 Å². The van der Waals surface area contributed by atoms with E-state index in [0.717, 1.165) is 16.8 Å². The summed E-state index contributed by atoms with van der Waals surface area (Å²) in [6.07, 6.45) is 0. The van der Waals surface area contributed by atoms with Crippen LogP contribution in [0.15, 0.2) is 28.7 Å². The molecule has 0 aliphatic rings. The third-order valence-corrected chi connectivity index (χ3v) is 3.69. The fourth-order valence-corrected chi connectivity index (χ4v) is 2.02. The summed E-state index contributed by atoms with van der Waals surface area (Å²) in [7, 11) is 1.76. The van der Waals surface area contributed by atoms with E-state index in [0.29, 0.717) is 26.2 Å². The summed E-state index contributed by atoms with van der Waals surface area (Å²) in [6.45, 7) is 4.62. The van der Waals surface area contributed by atoms with Crippen molar-refractivity contribution in [3.63, 3.8) is 0 Å². The van der Waals surface area contributed by atoms with Crippen LogP contribution < -0.4 is 4.74 Å². The van der Waals surface area contributed by atoms with Gasteiger partial charge >= 0.3 is 0 Å². The lowest BCUT2D eigenvalue weighted by molar-refractivity contribution is -0.131. The normalized spacial score (nSPS) is 10.7. The van der Waals surface area contributed by atoms with Crippen molar-refractivity contribution in [3.05, 3.63) is 28.7 Å². The SMILES string of the molecule is CCN(CCO)CC(=O)N(C)CCOc1ccc(Br)cc1. The number of aliphatic hydroxyl groups is 1. The average Bonchev–Trinajstić information content (AvgIpc) is 2.48. The van der Waals surface area contributed by atoms with Crippen LogP contribution >= 0.6 is 15.9 Å². The predicted octanol–water partition coefficient (Wildman–Crippen LogP) is 1.60. The molecule has 0 unspecified atom stereocenters. The van der Waals surface area contributed by atoms with Gasteiger partial charge in [0, 0.05) is 18.1 Å². The molecule has 0 aromatic heterocycles. The molecular weight excluding hydrogens is 336 g/mol. The van der Waals surface area contributed by atoms with Crippen LogP contribution in [0.4, 0.5) is 0 Å². The van der Waals surface area contributed by atoms with Crippen LogP contribution in [0.25, 0.3) is 0 Å². The van der Waals surface area contributed by atoms with Crippen molar-refractivity contribution in [2.24, 2.45) is 0 Å². The number of halogens is 1. The molecule has 5 nitrogen and oxygen atoms in total. The highest BCUT2D eigenvalue weighted by Crippen LogP contribution is 2.15. The molecule has 0 aliphatic heterocycles. The quantitative estimate of drug-likeness (QED) is 0.728. The lowest BCUT2D eigenvalue weighted by Crippen LogP contribution is -2.40. The number of ether oxygens (including phenoxy) is 1. The summed E-state index contributed by atoms with van der Waals surface area (Å²) in [5.41, 5.74) is 0. The maximum Gasteiger partial charge on any atom is 0.236 e. The molecule has 118 valence electrons. The van der Waals surface area contributed by atoms with Crippen molar-refractivity contribution < 1.29 is 14.6 Å². The highest BCUT2D eigenvalue weighted by molar-refractivity contribution is 9.10. The third-order valence-electron chi connectivity index (χ3n) is 3.16. The predicted molar refractivity (Wildman–Crippen MR) is 86.5 cm³/mol. The van der Waals surface area contributed by atoms with Crippen molar-refractivity contribution in [2.45, 2.75) is 6.92 Å². The van der Waals surface area contributed by atoms with Gasteiger partial charge < -0.3 is 14.7 Å². The van der Waals surface area contributed by atoms with E-state index in [1.54, 1.807) is 11.9 Å². The minimum Gasteiger partial charge on any atom is -0.492 e. The maximum atomic E-state index is 12.0. The Balaban J connectivity index is 2.30. The van der Waals surface area contributed by atoms with Gasteiger partial charge in [0.15, 0.2) is 0 Å². The van der Waals surface area contributed by atoms with Crippen molar-refractivity contribution in [2.75, 3.05) is 46.4 Å². The molecule has 0 radical (unpaired) electrons. The van der Waals surface area contributed by atoms with E-state index in [2.05, 4.69) is 15.9 Å². The second-order valence-electron chi connectivity index (χ2n) is 4.71. The molecule has 0 atom stereocenters. The molecule has 1 aromatic carbocycles. The maximum absolute atomic E-state index is 12.0. The average molecular weight is 359 g/mol. The van der Waals surface area contributed by atoms with Gasteiger partial charge in [0.1, 0.15) is 12.4 Å². The van der Waals surface area contributed by atoms with Crippen LogP contribution in [-0.2, 0) is 4.79 Å². The topological polar surface area (TPSA) is 53.0 Å². The molecule has 0 bridgehead atoms. The van der Waals surface area contributed by atoms with E-state index in [1.807, 2.05) is 36.1 Å². The minimum atomic E-state index is 0.0321. The molecule has 0 saturated heterocycles. The first-order chi connectivity index (χ1) is 10.1. The fraction of sp³-hybridized carbons (Fsp3) is 0.533. The van der Waals surface area contributed by atoms with Crippen molar-refractivity contribution in [1.29, 1.82) is 0 Å². The zero-order chi connectivity index (χ0) is 15.7. The van der Waals surface area contributed by atoms with Gasteiger partial charge in [0.2, 0.25) is 5.91 Å². The Morgan fingerprint density at radius 3 is 2.52 bits per heavy atom. The molecular formula is C15H23BrN2O3. The standard InChI is InChI=1S/C15H23BrN2O3/c1-3-18(8-10-19)12-15(20)17(2)9-11-21-14-6-4-13(16)5-7-14/h4-7,19H,3,8-12H2,1-2H3. The summed E-state index contributed by atoms with van der Waals surface area (Å²) in [4.78, 5) is 15.6. The molecule has 1 N–H and O–H groups in total. The van der Waals surface area contributed by atoms with E-state index in [4.69, 9.17) is 9.84 Å². The Morgan fingerprint density at radius 1 is 1.29 bits per heavy atom. The smallest absolute Gasteiger partial charge is 0.236 e.